The molecule has 0 bridgehead atoms. The summed E-state index contributed by atoms with van der Waals surface area (Å²) in [6.45, 7) is 11.5. The molecule has 110 valence electrons. The molecule has 1 heterocycles. The molecule has 0 aliphatic rings. The molecule has 0 spiro atoms. The van der Waals surface area contributed by atoms with Crippen molar-refractivity contribution in [3.05, 3.63) is 21.9 Å². The van der Waals surface area contributed by atoms with E-state index in [0.29, 0.717) is 5.41 Å². The highest BCUT2D eigenvalue weighted by atomic mass is 32.1. The summed E-state index contributed by atoms with van der Waals surface area (Å²) < 4.78 is 0. The number of nitrogens with one attached hydrogen (secondary N) is 1. The molecule has 0 aromatic carbocycles. The number of hydrogen-bond donors (Lipinski definition) is 1. The van der Waals surface area contributed by atoms with Gasteiger partial charge in [-0.1, -0.05) is 40.5 Å². The minimum atomic E-state index is 0.313. The van der Waals surface area contributed by atoms with Crippen molar-refractivity contribution in [1.82, 2.24) is 5.32 Å². The van der Waals surface area contributed by atoms with E-state index < -0.39 is 0 Å². The fourth-order valence-corrected chi connectivity index (χ4v) is 3.23. The van der Waals surface area contributed by atoms with E-state index >= 15 is 0 Å². The minimum Gasteiger partial charge on any atom is -0.317 e. The van der Waals surface area contributed by atoms with Gasteiger partial charge in [0.05, 0.1) is 0 Å². The molecule has 1 aromatic heterocycles. The first-order valence-corrected chi connectivity index (χ1v) is 8.65. The summed E-state index contributed by atoms with van der Waals surface area (Å²) in [6, 6.07) is 4.64. The van der Waals surface area contributed by atoms with Gasteiger partial charge in [0, 0.05) is 9.75 Å². The first-order chi connectivity index (χ1) is 9.04. The second kappa shape index (κ2) is 8.76. The van der Waals surface area contributed by atoms with Crippen molar-refractivity contribution in [2.24, 2.45) is 0 Å². The van der Waals surface area contributed by atoms with E-state index in [1.54, 1.807) is 4.88 Å². The lowest BCUT2D eigenvalue weighted by atomic mass is 9.95. The summed E-state index contributed by atoms with van der Waals surface area (Å²) in [5.74, 6) is 0. The van der Waals surface area contributed by atoms with Crippen LogP contribution in [-0.4, -0.2) is 13.1 Å². The van der Waals surface area contributed by atoms with Gasteiger partial charge >= 0.3 is 0 Å². The summed E-state index contributed by atoms with van der Waals surface area (Å²) in [4.78, 5) is 3.08. The molecule has 1 rings (SSSR count). The van der Waals surface area contributed by atoms with Crippen LogP contribution in [0.2, 0.25) is 0 Å². The molecule has 0 atom stereocenters. The molecular weight excluding hydrogens is 250 g/mol. The Bertz CT molecular complexity index is 335. The molecule has 0 radical (unpaired) electrons. The number of rotatable bonds is 9. The predicted molar refractivity (Wildman–Crippen MR) is 88.4 cm³/mol. The highest BCUT2D eigenvalue weighted by Gasteiger charge is 2.15. The second-order valence-corrected chi connectivity index (χ2v) is 7.60. The first kappa shape index (κ1) is 16.7. The summed E-state index contributed by atoms with van der Waals surface area (Å²) in [6.07, 6.45) is 7.93. The average molecular weight is 282 g/mol. The molecule has 1 nitrogen and oxygen atoms in total. The van der Waals surface area contributed by atoms with Crippen LogP contribution < -0.4 is 5.32 Å². The van der Waals surface area contributed by atoms with E-state index in [2.05, 4.69) is 45.1 Å². The van der Waals surface area contributed by atoms with Crippen molar-refractivity contribution in [3.63, 3.8) is 0 Å². The Morgan fingerprint density at radius 1 is 1.00 bits per heavy atom. The van der Waals surface area contributed by atoms with Crippen LogP contribution in [0.4, 0.5) is 0 Å². The Morgan fingerprint density at radius 2 is 1.74 bits per heavy atom. The van der Waals surface area contributed by atoms with Gasteiger partial charge in [0.15, 0.2) is 0 Å². The predicted octanol–water partition coefficient (Wildman–Crippen LogP) is 5.15. The van der Waals surface area contributed by atoms with E-state index in [-0.39, 0.29) is 0 Å². The molecule has 0 saturated heterocycles. The highest BCUT2D eigenvalue weighted by Crippen LogP contribution is 2.30. The maximum atomic E-state index is 3.47. The maximum Gasteiger partial charge on any atom is 0.0102 e. The van der Waals surface area contributed by atoms with Gasteiger partial charge in [-0.2, -0.15) is 0 Å². The fourth-order valence-electron chi connectivity index (χ4n) is 2.12. The number of unbranched alkanes of at least 4 members (excludes halogenated alkanes) is 3. The molecule has 1 N–H and O–H groups in total. The fraction of sp³-hybridized carbons (Fsp3) is 0.765. The van der Waals surface area contributed by atoms with Crippen molar-refractivity contribution in [1.29, 1.82) is 0 Å². The number of thiophene rings is 1. The average Bonchev–Trinajstić information content (AvgIpc) is 2.81. The Morgan fingerprint density at radius 3 is 2.37 bits per heavy atom. The summed E-state index contributed by atoms with van der Waals surface area (Å²) in [5, 5.41) is 3.47. The smallest absolute Gasteiger partial charge is 0.0102 e. The maximum absolute atomic E-state index is 3.47. The molecule has 1 aromatic rings. The van der Waals surface area contributed by atoms with Crippen LogP contribution >= 0.6 is 11.3 Å². The van der Waals surface area contributed by atoms with E-state index in [1.165, 1.54) is 56.5 Å². The van der Waals surface area contributed by atoms with Gasteiger partial charge in [-0.3, -0.25) is 0 Å². The van der Waals surface area contributed by atoms with E-state index in [4.69, 9.17) is 0 Å². The van der Waals surface area contributed by atoms with Gasteiger partial charge in [0.25, 0.3) is 0 Å². The van der Waals surface area contributed by atoms with Crippen LogP contribution in [0, 0.1) is 0 Å². The molecular formula is C17H31NS. The lowest BCUT2D eigenvalue weighted by molar-refractivity contribution is 0.585. The van der Waals surface area contributed by atoms with Gasteiger partial charge in [-0.15, -0.1) is 11.3 Å². The Labute approximate surface area is 123 Å². The minimum absolute atomic E-state index is 0.313. The largest absolute Gasteiger partial charge is 0.317 e. The third-order valence-electron chi connectivity index (χ3n) is 3.35. The lowest BCUT2D eigenvalue weighted by Crippen LogP contribution is -2.15. The van der Waals surface area contributed by atoms with Crippen LogP contribution in [0.25, 0.3) is 0 Å². The van der Waals surface area contributed by atoms with Crippen molar-refractivity contribution in [3.8, 4) is 0 Å². The van der Waals surface area contributed by atoms with Crippen molar-refractivity contribution in [2.45, 2.75) is 71.6 Å². The number of aryl methyl sites for hydroxylation is 1. The molecule has 2 heteroatoms. The molecule has 0 aliphatic carbocycles. The molecule has 0 aliphatic heterocycles. The van der Waals surface area contributed by atoms with Crippen molar-refractivity contribution in [2.75, 3.05) is 13.1 Å². The van der Waals surface area contributed by atoms with E-state index in [9.17, 15) is 0 Å². The third kappa shape index (κ3) is 7.12. The molecule has 0 fully saturated rings. The zero-order chi connectivity index (χ0) is 14.1. The Hall–Kier alpha value is -0.340. The third-order valence-corrected chi connectivity index (χ3v) is 4.93. The molecule has 0 unspecified atom stereocenters. The second-order valence-electron chi connectivity index (χ2n) is 6.43. The van der Waals surface area contributed by atoms with Crippen LogP contribution in [0.15, 0.2) is 12.1 Å². The summed E-state index contributed by atoms with van der Waals surface area (Å²) in [5.41, 5.74) is 0.313. The standard InChI is InChI=1S/C17H31NS/c1-5-13-18-14-9-7-6-8-10-15-11-12-16(19-15)17(2,3)4/h11-12,18H,5-10,13-14H2,1-4H3. The Balaban J connectivity index is 2.08. The van der Waals surface area contributed by atoms with Gasteiger partial charge < -0.3 is 5.32 Å². The zero-order valence-corrected chi connectivity index (χ0v) is 14.0. The first-order valence-electron chi connectivity index (χ1n) is 7.84. The zero-order valence-electron chi connectivity index (χ0n) is 13.2. The van der Waals surface area contributed by atoms with Gasteiger partial charge in [0.1, 0.15) is 0 Å². The quantitative estimate of drug-likeness (QED) is 0.617. The van der Waals surface area contributed by atoms with Crippen LogP contribution in [-0.2, 0) is 11.8 Å². The molecule has 19 heavy (non-hydrogen) atoms. The normalized spacial score (nSPS) is 12.0. The van der Waals surface area contributed by atoms with Crippen molar-refractivity contribution < 1.29 is 0 Å². The van der Waals surface area contributed by atoms with Crippen LogP contribution in [0.5, 0.6) is 0 Å². The SMILES string of the molecule is CCCNCCCCCCc1ccc(C(C)(C)C)s1. The molecule has 0 saturated carbocycles. The van der Waals surface area contributed by atoms with Gasteiger partial charge in [-0.05, 0) is 56.3 Å². The topological polar surface area (TPSA) is 12.0 Å². The van der Waals surface area contributed by atoms with Gasteiger partial charge in [-0.25, -0.2) is 0 Å². The summed E-state index contributed by atoms with van der Waals surface area (Å²) >= 11 is 2.00. The highest BCUT2D eigenvalue weighted by molar-refractivity contribution is 7.12. The van der Waals surface area contributed by atoms with Crippen LogP contribution in [0.1, 0.15) is 69.6 Å². The Kier molecular flexibility index (Phi) is 7.70. The van der Waals surface area contributed by atoms with E-state index in [1.807, 2.05) is 11.3 Å². The number of hydrogen-bond acceptors (Lipinski definition) is 2. The van der Waals surface area contributed by atoms with Gasteiger partial charge in [0.2, 0.25) is 0 Å². The van der Waals surface area contributed by atoms with E-state index in [0.717, 1.165) is 0 Å². The van der Waals surface area contributed by atoms with Crippen molar-refractivity contribution >= 4 is 11.3 Å². The summed E-state index contributed by atoms with van der Waals surface area (Å²) in [7, 11) is 0. The monoisotopic (exact) mass is 281 g/mol. The molecule has 0 amide bonds. The van der Waals surface area contributed by atoms with Crippen LogP contribution in [0.3, 0.4) is 0 Å². The lowest BCUT2D eigenvalue weighted by Gasteiger charge is -2.15.